The highest BCUT2D eigenvalue weighted by atomic mass is 35.5. The van der Waals surface area contributed by atoms with Crippen molar-refractivity contribution < 1.29 is 4.79 Å². The number of benzene rings is 2. The third-order valence-electron chi connectivity index (χ3n) is 4.14. The standard InChI is InChI=1S/C17H18ClNO/c18-11-17(20)19(12-13-5-3-6-13)16-10-4-8-14-7-1-2-9-15(14)16/h1-2,4,7-10,13H,3,5-6,11-12H2. The molecule has 20 heavy (non-hydrogen) atoms. The first-order chi connectivity index (χ1) is 9.79. The maximum atomic E-state index is 12.2. The Kier molecular flexibility index (Phi) is 3.93. The van der Waals surface area contributed by atoms with E-state index in [-0.39, 0.29) is 11.8 Å². The van der Waals surface area contributed by atoms with Crippen molar-refractivity contribution in [1.29, 1.82) is 0 Å². The van der Waals surface area contributed by atoms with Crippen molar-refractivity contribution in [2.45, 2.75) is 19.3 Å². The molecule has 0 unspecified atom stereocenters. The predicted molar refractivity (Wildman–Crippen MR) is 84.4 cm³/mol. The first-order valence-electron chi connectivity index (χ1n) is 7.13. The van der Waals surface area contributed by atoms with Gasteiger partial charge in [-0.2, -0.15) is 0 Å². The Morgan fingerprint density at radius 1 is 1.15 bits per heavy atom. The summed E-state index contributed by atoms with van der Waals surface area (Å²) in [6, 6.07) is 14.3. The van der Waals surface area contributed by atoms with Crippen LogP contribution < -0.4 is 4.90 Å². The summed E-state index contributed by atoms with van der Waals surface area (Å²) in [5.74, 6) is 0.659. The lowest BCUT2D eigenvalue weighted by molar-refractivity contribution is -0.116. The lowest BCUT2D eigenvalue weighted by Crippen LogP contribution is -2.38. The number of anilines is 1. The number of fused-ring (bicyclic) bond motifs is 1. The topological polar surface area (TPSA) is 20.3 Å². The van der Waals surface area contributed by atoms with E-state index in [4.69, 9.17) is 11.6 Å². The summed E-state index contributed by atoms with van der Waals surface area (Å²) < 4.78 is 0. The lowest BCUT2D eigenvalue weighted by Gasteiger charge is -2.32. The molecule has 0 saturated heterocycles. The fraction of sp³-hybridized carbons (Fsp3) is 0.353. The van der Waals surface area contributed by atoms with E-state index in [0.717, 1.165) is 23.0 Å². The number of carbonyl (C=O) groups is 1. The number of halogens is 1. The Labute approximate surface area is 124 Å². The molecule has 1 amide bonds. The summed E-state index contributed by atoms with van der Waals surface area (Å²) in [5, 5.41) is 2.28. The normalized spacial score (nSPS) is 15.1. The monoisotopic (exact) mass is 287 g/mol. The minimum Gasteiger partial charge on any atom is -0.310 e. The van der Waals surface area contributed by atoms with E-state index in [9.17, 15) is 4.79 Å². The average molecular weight is 288 g/mol. The van der Waals surface area contributed by atoms with Crippen LogP contribution in [0.2, 0.25) is 0 Å². The molecule has 1 fully saturated rings. The molecular weight excluding hydrogens is 270 g/mol. The van der Waals surface area contributed by atoms with Crippen LogP contribution in [0.25, 0.3) is 10.8 Å². The summed E-state index contributed by atoms with van der Waals surface area (Å²) in [6.45, 7) is 0.791. The Morgan fingerprint density at radius 2 is 1.90 bits per heavy atom. The van der Waals surface area contributed by atoms with Crippen molar-refractivity contribution >= 4 is 34.0 Å². The van der Waals surface area contributed by atoms with Gasteiger partial charge in [-0.3, -0.25) is 4.79 Å². The molecule has 0 spiro atoms. The molecule has 2 aromatic carbocycles. The molecule has 0 heterocycles. The number of rotatable bonds is 4. The van der Waals surface area contributed by atoms with Gasteiger partial charge in [-0.15, -0.1) is 11.6 Å². The summed E-state index contributed by atoms with van der Waals surface area (Å²) >= 11 is 5.80. The van der Waals surface area contributed by atoms with Gasteiger partial charge in [0.15, 0.2) is 0 Å². The molecule has 1 aliphatic carbocycles. The number of hydrogen-bond donors (Lipinski definition) is 0. The molecule has 2 nitrogen and oxygen atoms in total. The number of alkyl halides is 1. The van der Waals surface area contributed by atoms with Gasteiger partial charge in [-0.05, 0) is 30.2 Å². The van der Waals surface area contributed by atoms with Gasteiger partial charge in [-0.25, -0.2) is 0 Å². The van der Waals surface area contributed by atoms with Crippen LogP contribution in [-0.4, -0.2) is 18.3 Å². The minimum absolute atomic E-state index is 0.00470. The molecule has 0 aromatic heterocycles. The zero-order valence-electron chi connectivity index (χ0n) is 11.4. The first-order valence-corrected chi connectivity index (χ1v) is 7.67. The third-order valence-corrected chi connectivity index (χ3v) is 4.37. The van der Waals surface area contributed by atoms with Crippen molar-refractivity contribution in [3.8, 4) is 0 Å². The van der Waals surface area contributed by atoms with Crippen LogP contribution in [0.1, 0.15) is 19.3 Å². The zero-order valence-corrected chi connectivity index (χ0v) is 12.1. The molecule has 0 N–H and O–H groups in total. The summed E-state index contributed by atoms with van der Waals surface area (Å²) in [6.07, 6.45) is 3.72. The molecule has 104 valence electrons. The largest absolute Gasteiger partial charge is 0.310 e. The van der Waals surface area contributed by atoms with E-state index >= 15 is 0 Å². The van der Waals surface area contributed by atoms with Gasteiger partial charge in [0.2, 0.25) is 5.91 Å². The Balaban J connectivity index is 2.01. The van der Waals surface area contributed by atoms with Crippen molar-refractivity contribution in [2.75, 3.05) is 17.3 Å². The first kappa shape index (κ1) is 13.4. The van der Waals surface area contributed by atoms with Gasteiger partial charge in [0.1, 0.15) is 5.88 Å². The molecule has 0 atom stereocenters. The maximum Gasteiger partial charge on any atom is 0.241 e. The molecular formula is C17H18ClNO. The summed E-state index contributed by atoms with van der Waals surface area (Å²) in [4.78, 5) is 14.1. The quantitative estimate of drug-likeness (QED) is 0.771. The van der Waals surface area contributed by atoms with Gasteiger partial charge in [0.25, 0.3) is 0 Å². The van der Waals surface area contributed by atoms with E-state index in [1.165, 1.54) is 19.3 Å². The second kappa shape index (κ2) is 5.84. The van der Waals surface area contributed by atoms with E-state index in [1.54, 1.807) is 0 Å². The summed E-state index contributed by atoms with van der Waals surface area (Å²) in [7, 11) is 0. The van der Waals surface area contributed by atoms with Gasteiger partial charge >= 0.3 is 0 Å². The van der Waals surface area contributed by atoms with Crippen molar-refractivity contribution in [1.82, 2.24) is 0 Å². The van der Waals surface area contributed by atoms with Crippen LogP contribution in [0, 0.1) is 5.92 Å². The van der Waals surface area contributed by atoms with E-state index in [2.05, 4.69) is 18.2 Å². The van der Waals surface area contributed by atoms with Crippen molar-refractivity contribution in [3.05, 3.63) is 42.5 Å². The van der Waals surface area contributed by atoms with Crippen LogP contribution in [0.5, 0.6) is 0 Å². The fourth-order valence-corrected chi connectivity index (χ4v) is 2.93. The van der Waals surface area contributed by atoms with Crippen molar-refractivity contribution in [3.63, 3.8) is 0 Å². The number of hydrogen-bond acceptors (Lipinski definition) is 1. The second-order valence-corrected chi connectivity index (χ2v) is 5.70. The molecule has 0 aliphatic heterocycles. The summed E-state index contributed by atoms with van der Waals surface area (Å²) in [5.41, 5.74) is 0.987. The highest BCUT2D eigenvalue weighted by Gasteiger charge is 2.25. The SMILES string of the molecule is O=C(CCl)N(CC1CCC1)c1cccc2ccccc12. The van der Waals surface area contributed by atoms with E-state index < -0.39 is 0 Å². The van der Waals surface area contributed by atoms with E-state index in [0.29, 0.717) is 5.92 Å². The van der Waals surface area contributed by atoms with E-state index in [1.807, 2.05) is 29.2 Å². The Bertz CT molecular complexity index is 616. The molecule has 3 heteroatoms. The molecule has 1 aliphatic rings. The van der Waals surface area contributed by atoms with Gasteiger partial charge in [-0.1, -0.05) is 42.8 Å². The smallest absolute Gasteiger partial charge is 0.241 e. The highest BCUT2D eigenvalue weighted by Crippen LogP contribution is 2.32. The molecule has 0 radical (unpaired) electrons. The van der Waals surface area contributed by atoms with Gasteiger partial charge < -0.3 is 4.90 Å². The van der Waals surface area contributed by atoms with Crippen LogP contribution in [0.3, 0.4) is 0 Å². The highest BCUT2D eigenvalue weighted by molar-refractivity contribution is 6.29. The average Bonchev–Trinajstić information content (AvgIpc) is 2.45. The van der Waals surface area contributed by atoms with Crippen LogP contribution in [0.4, 0.5) is 5.69 Å². The number of nitrogens with zero attached hydrogens (tertiary/aromatic N) is 1. The molecule has 3 rings (SSSR count). The van der Waals surface area contributed by atoms with Gasteiger partial charge in [0, 0.05) is 11.9 Å². The third kappa shape index (κ3) is 2.53. The van der Waals surface area contributed by atoms with Crippen LogP contribution in [0.15, 0.2) is 42.5 Å². The predicted octanol–water partition coefficient (Wildman–Crippen LogP) is 4.21. The minimum atomic E-state index is -0.00470. The molecule has 1 saturated carbocycles. The lowest BCUT2D eigenvalue weighted by atomic mass is 9.85. The Morgan fingerprint density at radius 3 is 2.60 bits per heavy atom. The van der Waals surface area contributed by atoms with Gasteiger partial charge in [0.05, 0.1) is 5.69 Å². The number of carbonyl (C=O) groups excluding carboxylic acids is 1. The zero-order chi connectivity index (χ0) is 13.9. The fourth-order valence-electron chi connectivity index (χ4n) is 2.78. The van der Waals surface area contributed by atoms with Crippen LogP contribution >= 0.6 is 11.6 Å². The van der Waals surface area contributed by atoms with Crippen LogP contribution in [-0.2, 0) is 4.79 Å². The van der Waals surface area contributed by atoms with Crippen molar-refractivity contribution in [2.24, 2.45) is 5.92 Å². The molecule has 0 bridgehead atoms. The maximum absolute atomic E-state index is 12.2. The second-order valence-electron chi connectivity index (χ2n) is 5.43. The molecule has 2 aromatic rings. The Hall–Kier alpha value is -1.54. The number of amides is 1.